The van der Waals surface area contributed by atoms with Gasteiger partial charge in [0.2, 0.25) is 0 Å². The number of aromatic nitrogens is 3. The topological polar surface area (TPSA) is 42.7 Å². The van der Waals surface area contributed by atoms with E-state index in [2.05, 4.69) is 44.3 Å². The zero-order valence-corrected chi connectivity index (χ0v) is 9.93. The maximum atomic E-state index is 4.28. The van der Waals surface area contributed by atoms with Crippen LogP contribution < -0.4 is 5.32 Å². The molecule has 1 unspecified atom stereocenters. The van der Waals surface area contributed by atoms with Gasteiger partial charge in [0.1, 0.15) is 5.82 Å². The predicted octanol–water partition coefficient (Wildman–Crippen LogP) is 1.47. The first kappa shape index (κ1) is 10.5. The standard InChI is InChI=1S/C13H16N4/c1-10-15-16-13-12(14-7-8-17(10)13)9-11-5-3-2-4-6-11/h2-6,12,14H,7-9H2,1H3. The van der Waals surface area contributed by atoms with Crippen molar-refractivity contribution in [2.45, 2.75) is 25.9 Å². The molecule has 0 bridgehead atoms. The van der Waals surface area contributed by atoms with Crippen LogP contribution in [0.2, 0.25) is 0 Å². The van der Waals surface area contributed by atoms with Crippen molar-refractivity contribution in [1.29, 1.82) is 0 Å². The van der Waals surface area contributed by atoms with E-state index in [1.807, 2.05) is 13.0 Å². The summed E-state index contributed by atoms with van der Waals surface area (Å²) in [7, 11) is 0. The summed E-state index contributed by atoms with van der Waals surface area (Å²) in [6, 6.07) is 10.8. The molecule has 1 aliphatic heterocycles. The predicted molar refractivity (Wildman–Crippen MR) is 65.6 cm³/mol. The molecule has 1 aliphatic rings. The summed E-state index contributed by atoms with van der Waals surface area (Å²) in [6.45, 7) is 3.98. The minimum absolute atomic E-state index is 0.285. The second-order valence-electron chi connectivity index (χ2n) is 4.45. The fraction of sp³-hybridized carbons (Fsp3) is 0.385. The smallest absolute Gasteiger partial charge is 0.150 e. The van der Waals surface area contributed by atoms with Crippen LogP contribution in [-0.2, 0) is 13.0 Å². The van der Waals surface area contributed by atoms with E-state index in [-0.39, 0.29) is 6.04 Å². The summed E-state index contributed by atoms with van der Waals surface area (Å²) in [5.74, 6) is 2.08. The number of hydrogen-bond acceptors (Lipinski definition) is 3. The van der Waals surface area contributed by atoms with Crippen LogP contribution in [0.15, 0.2) is 30.3 Å². The van der Waals surface area contributed by atoms with Gasteiger partial charge in [0.15, 0.2) is 5.82 Å². The van der Waals surface area contributed by atoms with Crippen molar-refractivity contribution in [2.75, 3.05) is 6.54 Å². The number of nitrogens with zero attached hydrogens (tertiary/aromatic N) is 3. The average Bonchev–Trinajstić information content (AvgIpc) is 2.74. The molecule has 0 saturated carbocycles. The van der Waals surface area contributed by atoms with Crippen molar-refractivity contribution >= 4 is 0 Å². The minimum atomic E-state index is 0.285. The second kappa shape index (κ2) is 4.30. The van der Waals surface area contributed by atoms with E-state index in [1.165, 1.54) is 5.56 Å². The number of fused-ring (bicyclic) bond motifs is 1. The third-order valence-electron chi connectivity index (χ3n) is 3.28. The molecule has 2 aromatic rings. The zero-order valence-electron chi connectivity index (χ0n) is 9.93. The highest BCUT2D eigenvalue weighted by molar-refractivity contribution is 5.18. The SMILES string of the molecule is Cc1nnc2n1CCNC2Cc1ccccc1. The second-order valence-corrected chi connectivity index (χ2v) is 4.45. The van der Waals surface area contributed by atoms with Crippen molar-refractivity contribution in [3.63, 3.8) is 0 Å². The van der Waals surface area contributed by atoms with Crippen molar-refractivity contribution in [3.8, 4) is 0 Å². The van der Waals surface area contributed by atoms with Crippen molar-refractivity contribution in [3.05, 3.63) is 47.5 Å². The Balaban J connectivity index is 1.86. The molecule has 4 heteroatoms. The molecule has 0 radical (unpaired) electrons. The monoisotopic (exact) mass is 228 g/mol. The fourth-order valence-electron chi connectivity index (χ4n) is 2.39. The summed E-state index contributed by atoms with van der Waals surface area (Å²) < 4.78 is 2.21. The molecule has 1 N–H and O–H groups in total. The lowest BCUT2D eigenvalue weighted by atomic mass is 10.0. The maximum absolute atomic E-state index is 4.28. The Morgan fingerprint density at radius 3 is 2.94 bits per heavy atom. The third kappa shape index (κ3) is 1.96. The van der Waals surface area contributed by atoms with Gasteiger partial charge in [-0.1, -0.05) is 30.3 Å². The van der Waals surface area contributed by atoms with E-state index < -0.39 is 0 Å². The Labute approximate surface area is 101 Å². The van der Waals surface area contributed by atoms with Gasteiger partial charge in [-0.2, -0.15) is 0 Å². The van der Waals surface area contributed by atoms with Gasteiger partial charge in [0.05, 0.1) is 6.04 Å². The molecule has 0 aliphatic carbocycles. The zero-order chi connectivity index (χ0) is 11.7. The highest BCUT2D eigenvalue weighted by Crippen LogP contribution is 2.20. The van der Waals surface area contributed by atoms with Gasteiger partial charge in [-0.15, -0.1) is 10.2 Å². The first-order valence-electron chi connectivity index (χ1n) is 6.01. The van der Waals surface area contributed by atoms with Gasteiger partial charge in [-0.3, -0.25) is 0 Å². The molecule has 1 atom stereocenters. The van der Waals surface area contributed by atoms with E-state index in [0.717, 1.165) is 31.2 Å². The normalized spacial score (nSPS) is 19.0. The lowest BCUT2D eigenvalue weighted by Crippen LogP contribution is -2.35. The van der Waals surface area contributed by atoms with E-state index in [1.54, 1.807) is 0 Å². The summed E-state index contributed by atoms with van der Waals surface area (Å²) in [5.41, 5.74) is 1.33. The molecule has 17 heavy (non-hydrogen) atoms. The van der Waals surface area contributed by atoms with Crippen LogP contribution in [0.3, 0.4) is 0 Å². The highest BCUT2D eigenvalue weighted by atomic mass is 15.3. The van der Waals surface area contributed by atoms with Crippen molar-refractivity contribution < 1.29 is 0 Å². The van der Waals surface area contributed by atoms with Gasteiger partial charge in [-0.25, -0.2) is 0 Å². The summed E-state index contributed by atoms with van der Waals surface area (Å²) >= 11 is 0. The number of aryl methyl sites for hydroxylation is 1. The van der Waals surface area contributed by atoms with Crippen LogP contribution in [0.25, 0.3) is 0 Å². The molecule has 2 heterocycles. The summed E-state index contributed by atoms with van der Waals surface area (Å²) in [6.07, 6.45) is 0.971. The van der Waals surface area contributed by atoms with Gasteiger partial charge >= 0.3 is 0 Å². The van der Waals surface area contributed by atoms with Crippen molar-refractivity contribution in [2.24, 2.45) is 0 Å². The highest BCUT2D eigenvalue weighted by Gasteiger charge is 2.23. The Kier molecular flexibility index (Phi) is 2.65. The minimum Gasteiger partial charge on any atom is -0.313 e. The number of hydrogen-bond donors (Lipinski definition) is 1. The molecule has 0 spiro atoms. The first-order chi connectivity index (χ1) is 8.34. The van der Waals surface area contributed by atoms with Gasteiger partial charge in [-0.05, 0) is 18.9 Å². The molecule has 3 rings (SSSR count). The molecule has 1 aromatic heterocycles. The van der Waals surface area contributed by atoms with Gasteiger partial charge in [0.25, 0.3) is 0 Å². The Morgan fingerprint density at radius 1 is 1.29 bits per heavy atom. The van der Waals surface area contributed by atoms with Crippen LogP contribution in [0.1, 0.15) is 23.3 Å². The molecule has 88 valence electrons. The third-order valence-corrected chi connectivity index (χ3v) is 3.28. The number of nitrogens with one attached hydrogen (secondary N) is 1. The average molecular weight is 228 g/mol. The summed E-state index contributed by atoms with van der Waals surface area (Å²) in [5, 5.41) is 12.0. The fourth-order valence-corrected chi connectivity index (χ4v) is 2.39. The molecular weight excluding hydrogens is 212 g/mol. The Hall–Kier alpha value is -1.68. The largest absolute Gasteiger partial charge is 0.313 e. The molecule has 0 fully saturated rings. The maximum Gasteiger partial charge on any atom is 0.150 e. The van der Waals surface area contributed by atoms with Crippen molar-refractivity contribution in [1.82, 2.24) is 20.1 Å². The molecule has 0 amide bonds. The lowest BCUT2D eigenvalue weighted by molar-refractivity contribution is 0.408. The van der Waals surface area contributed by atoms with Crippen LogP contribution in [0.4, 0.5) is 0 Å². The van der Waals surface area contributed by atoms with E-state index in [9.17, 15) is 0 Å². The van der Waals surface area contributed by atoms with Crippen LogP contribution in [0, 0.1) is 6.92 Å². The van der Waals surface area contributed by atoms with Crippen LogP contribution >= 0.6 is 0 Å². The molecule has 0 saturated heterocycles. The molecule has 1 aromatic carbocycles. The number of rotatable bonds is 2. The van der Waals surface area contributed by atoms with Gasteiger partial charge in [0, 0.05) is 13.1 Å². The summed E-state index contributed by atoms with van der Waals surface area (Å²) in [4.78, 5) is 0. The van der Waals surface area contributed by atoms with E-state index in [4.69, 9.17) is 0 Å². The van der Waals surface area contributed by atoms with E-state index in [0.29, 0.717) is 0 Å². The number of benzene rings is 1. The Morgan fingerprint density at radius 2 is 2.12 bits per heavy atom. The first-order valence-corrected chi connectivity index (χ1v) is 6.01. The Bertz CT molecular complexity index is 503. The lowest BCUT2D eigenvalue weighted by Gasteiger charge is -2.24. The van der Waals surface area contributed by atoms with E-state index >= 15 is 0 Å². The quantitative estimate of drug-likeness (QED) is 0.846. The van der Waals surface area contributed by atoms with Gasteiger partial charge < -0.3 is 9.88 Å². The molecular formula is C13H16N4. The van der Waals surface area contributed by atoms with Crippen LogP contribution in [-0.4, -0.2) is 21.3 Å². The molecule has 4 nitrogen and oxygen atoms in total. The van der Waals surface area contributed by atoms with Crippen LogP contribution in [0.5, 0.6) is 0 Å².